The van der Waals surface area contributed by atoms with E-state index in [2.05, 4.69) is 24.3 Å². The van der Waals surface area contributed by atoms with Gasteiger partial charge < -0.3 is 15.0 Å². The van der Waals surface area contributed by atoms with Crippen molar-refractivity contribution in [1.29, 1.82) is 0 Å². The van der Waals surface area contributed by atoms with Gasteiger partial charge in [-0.15, -0.1) is 0 Å². The van der Waals surface area contributed by atoms with Gasteiger partial charge in [0.2, 0.25) is 0 Å². The van der Waals surface area contributed by atoms with Gasteiger partial charge in [0.05, 0.1) is 25.4 Å². The monoisotopic (exact) mass is 328 g/mol. The highest BCUT2D eigenvalue weighted by Gasteiger charge is 2.29. The quantitative estimate of drug-likeness (QED) is 0.929. The van der Waals surface area contributed by atoms with Crippen LogP contribution in [-0.4, -0.2) is 52.9 Å². The van der Waals surface area contributed by atoms with E-state index < -0.39 is 0 Å². The van der Waals surface area contributed by atoms with Crippen molar-refractivity contribution in [3.8, 4) is 5.75 Å². The summed E-state index contributed by atoms with van der Waals surface area (Å²) < 4.78 is 6.96. The highest BCUT2D eigenvalue weighted by Crippen LogP contribution is 2.15. The van der Waals surface area contributed by atoms with Crippen molar-refractivity contribution in [3.05, 3.63) is 47.8 Å². The third-order valence-electron chi connectivity index (χ3n) is 4.68. The summed E-state index contributed by atoms with van der Waals surface area (Å²) >= 11 is 0. The van der Waals surface area contributed by atoms with Crippen LogP contribution in [0.25, 0.3) is 0 Å². The van der Waals surface area contributed by atoms with Crippen molar-refractivity contribution in [3.63, 3.8) is 0 Å². The molecule has 0 radical (unpaired) electrons. The Morgan fingerprint density at radius 2 is 2.08 bits per heavy atom. The van der Waals surface area contributed by atoms with Crippen LogP contribution in [0.3, 0.4) is 0 Å². The molecule has 0 saturated carbocycles. The second-order valence-corrected chi connectivity index (χ2v) is 6.26. The first kappa shape index (κ1) is 16.5. The predicted molar refractivity (Wildman–Crippen MR) is 92.3 cm³/mol. The van der Waals surface area contributed by atoms with Gasteiger partial charge in [-0.1, -0.05) is 12.1 Å². The fourth-order valence-electron chi connectivity index (χ4n) is 2.99. The van der Waals surface area contributed by atoms with Crippen molar-refractivity contribution in [2.24, 2.45) is 0 Å². The van der Waals surface area contributed by atoms with E-state index in [0.29, 0.717) is 18.2 Å². The number of carbonyl (C=O) groups excluding carboxylic acids is 1. The number of nitrogens with one attached hydrogen (secondary N) is 1. The molecule has 6 nitrogen and oxygen atoms in total. The lowest BCUT2D eigenvalue weighted by Crippen LogP contribution is -2.57. The van der Waals surface area contributed by atoms with E-state index in [1.165, 1.54) is 0 Å². The smallest absolute Gasteiger partial charge is 0.257 e. The van der Waals surface area contributed by atoms with Crippen LogP contribution in [0.2, 0.25) is 0 Å². The summed E-state index contributed by atoms with van der Waals surface area (Å²) in [7, 11) is 1.65. The van der Waals surface area contributed by atoms with Gasteiger partial charge in [-0.2, -0.15) is 5.10 Å². The summed E-state index contributed by atoms with van der Waals surface area (Å²) in [6.45, 7) is 6.38. The Balaban J connectivity index is 1.69. The molecule has 1 aromatic carbocycles. The molecule has 2 atom stereocenters. The number of carbonyl (C=O) groups is 1. The molecule has 3 rings (SSSR count). The maximum Gasteiger partial charge on any atom is 0.257 e. The Hall–Kier alpha value is -2.34. The zero-order chi connectivity index (χ0) is 17.1. The van der Waals surface area contributed by atoms with Crippen LogP contribution < -0.4 is 10.1 Å². The summed E-state index contributed by atoms with van der Waals surface area (Å²) in [5, 5.41) is 7.73. The van der Waals surface area contributed by atoms with E-state index >= 15 is 0 Å². The molecule has 2 aromatic rings. The lowest BCUT2D eigenvalue weighted by atomic mass is 10.1. The van der Waals surface area contributed by atoms with Crippen LogP contribution in [0.4, 0.5) is 0 Å². The van der Waals surface area contributed by atoms with Crippen LogP contribution in [0.1, 0.15) is 29.8 Å². The number of methoxy groups -OCH3 is 1. The Labute approximate surface area is 142 Å². The fourth-order valence-corrected chi connectivity index (χ4v) is 2.99. The topological polar surface area (TPSA) is 59.4 Å². The first-order valence-corrected chi connectivity index (χ1v) is 8.28. The van der Waals surface area contributed by atoms with Gasteiger partial charge in [0.25, 0.3) is 5.91 Å². The highest BCUT2D eigenvalue weighted by molar-refractivity contribution is 5.94. The number of rotatable bonds is 4. The molecule has 0 spiro atoms. The molecule has 1 N–H and O–H groups in total. The minimum absolute atomic E-state index is 0.0526. The normalized spacial score (nSPS) is 20.9. The van der Waals surface area contributed by atoms with Crippen LogP contribution in [0.5, 0.6) is 5.75 Å². The number of amides is 1. The SMILES string of the molecule is COc1ccc(Cn2cc(C(=O)N3CCNC(C)C3C)cn2)cc1. The second-order valence-electron chi connectivity index (χ2n) is 6.26. The lowest BCUT2D eigenvalue weighted by molar-refractivity contribution is 0.0603. The molecular formula is C18H24N4O2. The molecule has 128 valence electrons. The van der Waals surface area contributed by atoms with E-state index in [0.717, 1.165) is 24.4 Å². The number of nitrogens with zero attached hydrogens (tertiary/aromatic N) is 3. The summed E-state index contributed by atoms with van der Waals surface area (Å²) in [6, 6.07) is 8.33. The average Bonchev–Trinajstić information content (AvgIpc) is 3.06. The minimum Gasteiger partial charge on any atom is -0.497 e. The van der Waals surface area contributed by atoms with Gasteiger partial charge in [0.1, 0.15) is 5.75 Å². The van der Waals surface area contributed by atoms with Gasteiger partial charge in [0.15, 0.2) is 0 Å². The highest BCUT2D eigenvalue weighted by atomic mass is 16.5. The third kappa shape index (κ3) is 3.43. The van der Waals surface area contributed by atoms with E-state index in [-0.39, 0.29) is 11.9 Å². The lowest BCUT2D eigenvalue weighted by Gasteiger charge is -2.38. The fraction of sp³-hybridized carbons (Fsp3) is 0.444. The molecule has 1 amide bonds. The van der Waals surface area contributed by atoms with E-state index in [9.17, 15) is 4.79 Å². The first-order chi connectivity index (χ1) is 11.6. The maximum atomic E-state index is 12.7. The Morgan fingerprint density at radius 1 is 1.33 bits per heavy atom. The largest absolute Gasteiger partial charge is 0.497 e. The van der Waals surface area contributed by atoms with Gasteiger partial charge in [-0.3, -0.25) is 9.48 Å². The Kier molecular flexibility index (Phi) is 4.85. The predicted octanol–water partition coefficient (Wildman–Crippen LogP) is 1.76. The minimum atomic E-state index is 0.0526. The van der Waals surface area contributed by atoms with Crippen LogP contribution in [0.15, 0.2) is 36.7 Å². The summed E-state index contributed by atoms with van der Waals surface area (Å²) in [4.78, 5) is 14.7. The zero-order valence-electron chi connectivity index (χ0n) is 14.4. The number of ether oxygens (including phenoxy) is 1. The van der Waals surface area contributed by atoms with Crippen LogP contribution in [0, 0.1) is 0 Å². The molecule has 2 heterocycles. The molecule has 2 unspecified atom stereocenters. The molecule has 1 aliphatic heterocycles. The van der Waals surface area contributed by atoms with Gasteiger partial charge >= 0.3 is 0 Å². The van der Waals surface area contributed by atoms with E-state index in [1.807, 2.05) is 35.4 Å². The molecule has 0 aliphatic carbocycles. The number of benzene rings is 1. The third-order valence-corrected chi connectivity index (χ3v) is 4.68. The van der Waals surface area contributed by atoms with Gasteiger partial charge in [-0.25, -0.2) is 0 Å². The number of aromatic nitrogens is 2. The maximum absolute atomic E-state index is 12.7. The molecule has 1 saturated heterocycles. The molecule has 0 bridgehead atoms. The second kappa shape index (κ2) is 7.05. The summed E-state index contributed by atoms with van der Waals surface area (Å²) in [6.07, 6.45) is 3.48. The molecule has 1 aliphatic rings. The Morgan fingerprint density at radius 3 is 2.79 bits per heavy atom. The van der Waals surface area contributed by atoms with Crippen molar-refractivity contribution < 1.29 is 9.53 Å². The van der Waals surface area contributed by atoms with Crippen molar-refractivity contribution in [2.75, 3.05) is 20.2 Å². The van der Waals surface area contributed by atoms with Crippen molar-refractivity contribution in [1.82, 2.24) is 20.0 Å². The molecular weight excluding hydrogens is 304 g/mol. The number of hydrogen-bond acceptors (Lipinski definition) is 4. The van der Waals surface area contributed by atoms with Gasteiger partial charge in [0, 0.05) is 31.4 Å². The van der Waals surface area contributed by atoms with Crippen molar-refractivity contribution in [2.45, 2.75) is 32.5 Å². The summed E-state index contributed by atoms with van der Waals surface area (Å²) in [5.41, 5.74) is 1.76. The van der Waals surface area contributed by atoms with E-state index in [4.69, 9.17) is 4.74 Å². The molecule has 1 aromatic heterocycles. The number of hydrogen-bond donors (Lipinski definition) is 1. The molecule has 1 fully saturated rings. The van der Waals surface area contributed by atoms with Gasteiger partial charge in [-0.05, 0) is 31.5 Å². The van der Waals surface area contributed by atoms with Crippen LogP contribution in [-0.2, 0) is 6.54 Å². The van der Waals surface area contributed by atoms with Crippen molar-refractivity contribution >= 4 is 5.91 Å². The van der Waals surface area contributed by atoms with E-state index in [1.54, 1.807) is 18.0 Å². The summed E-state index contributed by atoms with van der Waals surface area (Å²) in [5.74, 6) is 0.883. The average molecular weight is 328 g/mol. The van der Waals surface area contributed by atoms with Crippen LogP contribution >= 0.6 is 0 Å². The number of piperazine rings is 1. The zero-order valence-corrected chi connectivity index (χ0v) is 14.4. The molecule has 6 heteroatoms. The Bertz CT molecular complexity index is 695. The standard InChI is InChI=1S/C18H24N4O2/c1-13-14(2)22(9-8-19-13)18(23)16-10-20-21(12-16)11-15-4-6-17(24-3)7-5-15/h4-7,10,12-14,19H,8-9,11H2,1-3H3. The first-order valence-electron chi connectivity index (χ1n) is 8.28. The molecule has 24 heavy (non-hydrogen) atoms.